The molecule has 0 aliphatic carbocycles. The normalized spacial score (nSPS) is 17.0. The maximum absolute atomic E-state index is 13.7. The third kappa shape index (κ3) is 3.76. The zero-order valence-electron chi connectivity index (χ0n) is 17.8. The fraction of sp³-hybridized carbons (Fsp3) is 0.348. The third-order valence-electron chi connectivity index (χ3n) is 6.02. The van der Waals surface area contributed by atoms with Gasteiger partial charge < -0.3 is 19.3 Å². The van der Waals surface area contributed by atoms with Crippen molar-refractivity contribution >= 4 is 38.0 Å². The van der Waals surface area contributed by atoms with Crippen LogP contribution in [0.25, 0.3) is 10.9 Å². The van der Waals surface area contributed by atoms with Gasteiger partial charge in [-0.3, -0.25) is 4.98 Å². The summed E-state index contributed by atoms with van der Waals surface area (Å²) in [6.45, 7) is 7.23. The molecule has 2 aliphatic rings. The van der Waals surface area contributed by atoms with Crippen molar-refractivity contribution in [3.05, 3.63) is 47.6 Å². The Bertz CT molecular complexity index is 1260. The first-order valence-corrected chi connectivity index (χ1v) is 12.5. The van der Waals surface area contributed by atoms with Crippen LogP contribution in [-0.2, 0) is 9.84 Å². The van der Waals surface area contributed by atoms with Gasteiger partial charge in [-0.1, -0.05) is 18.5 Å². The van der Waals surface area contributed by atoms with Crippen molar-refractivity contribution in [3.63, 3.8) is 0 Å². The molecule has 7 nitrogen and oxygen atoms in total. The Hall–Kier alpha value is -2.55. The van der Waals surface area contributed by atoms with Gasteiger partial charge in [-0.15, -0.1) is 0 Å². The van der Waals surface area contributed by atoms with Gasteiger partial charge in [-0.2, -0.15) is 0 Å². The molecule has 0 atom stereocenters. The van der Waals surface area contributed by atoms with E-state index < -0.39 is 9.84 Å². The Kier molecular flexibility index (Phi) is 5.61. The molecule has 5 rings (SSSR count). The minimum absolute atomic E-state index is 0.189. The number of fused-ring (bicyclic) bond motifs is 2. The first kappa shape index (κ1) is 21.3. The lowest BCUT2D eigenvalue weighted by Gasteiger charge is -2.37. The number of hydrogen-bond acceptors (Lipinski definition) is 7. The summed E-state index contributed by atoms with van der Waals surface area (Å²) in [5.41, 5.74) is 1.34. The minimum Gasteiger partial charge on any atom is -0.486 e. The molecule has 0 N–H and O–H groups in total. The molecular formula is C23H24ClN3O4S. The van der Waals surface area contributed by atoms with E-state index in [9.17, 15) is 8.42 Å². The molecule has 0 spiro atoms. The molecule has 32 heavy (non-hydrogen) atoms. The number of aromatic nitrogens is 1. The minimum atomic E-state index is -3.82. The van der Waals surface area contributed by atoms with Crippen LogP contribution in [0, 0.1) is 0 Å². The van der Waals surface area contributed by atoms with E-state index >= 15 is 0 Å². The van der Waals surface area contributed by atoms with Crippen molar-refractivity contribution in [2.45, 2.75) is 16.7 Å². The fourth-order valence-corrected chi connectivity index (χ4v) is 5.81. The number of pyridine rings is 1. The van der Waals surface area contributed by atoms with Crippen LogP contribution in [0.2, 0.25) is 5.02 Å². The van der Waals surface area contributed by atoms with Gasteiger partial charge in [0.2, 0.25) is 9.84 Å². The highest BCUT2D eigenvalue weighted by atomic mass is 35.5. The van der Waals surface area contributed by atoms with Crippen molar-refractivity contribution in [1.29, 1.82) is 0 Å². The summed E-state index contributed by atoms with van der Waals surface area (Å²) in [4.78, 5) is 9.39. The number of ether oxygens (including phenoxy) is 2. The number of piperazine rings is 1. The zero-order valence-corrected chi connectivity index (χ0v) is 19.3. The third-order valence-corrected chi connectivity index (χ3v) is 8.04. The van der Waals surface area contributed by atoms with E-state index in [-0.39, 0.29) is 9.79 Å². The van der Waals surface area contributed by atoms with Crippen LogP contribution in [0.4, 0.5) is 5.69 Å². The number of likely N-dealkylation sites (N-methyl/N-ethyl adjacent to an activating group) is 1. The molecule has 1 fully saturated rings. The Balaban J connectivity index is 1.70. The Morgan fingerprint density at radius 2 is 1.66 bits per heavy atom. The molecule has 168 valence electrons. The van der Waals surface area contributed by atoms with Gasteiger partial charge in [0.05, 0.1) is 16.1 Å². The van der Waals surface area contributed by atoms with E-state index in [4.69, 9.17) is 21.1 Å². The molecule has 0 bridgehead atoms. The van der Waals surface area contributed by atoms with Crippen molar-refractivity contribution in [1.82, 2.24) is 9.88 Å². The summed E-state index contributed by atoms with van der Waals surface area (Å²) in [5.74, 6) is 1.24. The quantitative estimate of drug-likeness (QED) is 0.572. The number of anilines is 1. The van der Waals surface area contributed by atoms with Crippen LogP contribution in [-0.4, -0.2) is 64.2 Å². The smallest absolute Gasteiger partial charge is 0.210 e. The number of halogens is 1. The van der Waals surface area contributed by atoms with Crippen LogP contribution in [0.5, 0.6) is 11.5 Å². The summed E-state index contributed by atoms with van der Waals surface area (Å²) in [6, 6.07) is 9.93. The lowest BCUT2D eigenvalue weighted by atomic mass is 10.1. The molecule has 0 amide bonds. The first-order chi connectivity index (χ1) is 15.5. The number of rotatable bonds is 4. The van der Waals surface area contributed by atoms with Crippen LogP contribution in [0.15, 0.2) is 52.4 Å². The predicted octanol–water partition coefficient (Wildman–Crippen LogP) is 3.63. The topological polar surface area (TPSA) is 72.0 Å². The van der Waals surface area contributed by atoms with E-state index in [0.717, 1.165) is 38.1 Å². The standard InChI is InChI=1S/C23H24ClN3O4S/c1-2-26-7-9-27(10-8-26)23-18-13-20-21(31-12-11-30-20)14-19(18)25-15-22(23)32(28,29)17-5-3-16(24)4-6-17/h3-6,13-15H,2,7-12H2,1H3. The maximum atomic E-state index is 13.7. The SMILES string of the molecule is CCN1CCN(c2c(S(=O)(=O)c3ccc(Cl)cc3)cnc3cc4c(cc23)OCCO4)CC1. The highest BCUT2D eigenvalue weighted by Gasteiger charge is 2.29. The van der Waals surface area contributed by atoms with E-state index in [1.807, 2.05) is 12.1 Å². The number of sulfone groups is 1. The van der Waals surface area contributed by atoms with E-state index in [1.54, 1.807) is 12.1 Å². The average Bonchev–Trinajstić information content (AvgIpc) is 2.82. The highest BCUT2D eigenvalue weighted by molar-refractivity contribution is 7.91. The molecular weight excluding hydrogens is 450 g/mol. The summed E-state index contributed by atoms with van der Waals surface area (Å²) < 4.78 is 38.9. The second-order valence-corrected chi connectivity index (χ2v) is 10.2. The van der Waals surface area contributed by atoms with E-state index in [1.165, 1.54) is 18.3 Å². The van der Waals surface area contributed by atoms with Crippen molar-refractivity contribution < 1.29 is 17.9 Å². The van der Waals surface area contributed by atoms with Crippen LogP contribution in [0.3, 0.4) is 0 Å². The molecule has 1 aromatic heterocycles. The molecule has 0 radical (unpaired) electrons. The van der Waals surface area contributed by atoms with Gasteiger partial charge in [0.25, 0.3) is 0 Å². The monoisotopic (exact) mass is 473 g/mol. The van der Waals surface area contributed by atoms with Gasteiger partial charge in [0, 0.05) is 48.9 Å². The lowest BCUT2D eigenvalue weighted by molar-refractivity contribution is 0.172. The predicted molar refractivity (Wildman–Crippen MR) is 124 cm³/mol. The molecule has 2 aliphatic heterocycles. The molecule has 1 saturated heterocycles. The molecule has 0 saturated carbocycles. The summed E-state index contributed by atoms with van der Waals surface area (Å²) in [6.07, 6.45) is 1.46. The van der Waals surface area contributed by atoms with Gasteiger partial charge in [-0.25, -0.2) is 8.42 Å². The molecule has 3 aromatic rings. The van der Waals surface area contributed by atoms with Gasteiger partial charge >= 0.3 is 0 Å². The van der Waals surface area contributed by atoms with Gasteiger partial charge in [0.15, 0.2) is 11.5 Å². The van der Waals surface area contributed by atoms with Crippen molar-refractivity contribution in [2.24, 2.45) is 0 Å². The zero-order chi connectivity index (χ0) is 22.3. The second kappa shape index (κ2) is 8.42. The summed E-state index contributed by atoms with van der Waals surface area (Å²) >= 11 is 5.99. The molecule has 9 heteroatoms. The Morgan fingerprint density at radius 1 is 1.00 bits per heavy atom. The van der Waals surface area contributed by atoms with E-state index in [0.29, 0.717) is 40.9 Å². The number of hydrogen-bond donors (Lipinski definition) is 0. The van der Waals surface area contributed by atoms with Crippen LogP contribution in [0.1, 0.15) is 6.92 Å². The Labute approximate surface area is 192 Å². The van der Waals surface area contributed by atoms with Crippen molar-refractivity contribution in [2.75, 3.05) is 50.8 Å². The van der Waals surface area contributed by atoms with Gasteiger partial charge in [-0.05, 0) is 36.9 Å². The largest absolute Gasteiger partial charge is 0.486 e. The van der Waals surface area contributed by atoms with E-state index in [2.05, 4.69) is 21.7 Å². The Morgan fingerprint density at radius 3 is 2.31 bits per heavy atom. The number of benzene rings is 2. The molecule has 0 unspecified atom stereocenters. The molecule has 2 aromatic carbocycles. The highest BCUT2D eigenvalue weighted by Crippen LogP contribution is 2.41. The van der Waals surface area contributed by atoms with Crippen LogP contribution < -0.4 is 14.4 Å². The number of nitrogens with zero attached hydrogens (tertiary/aromatic N) is 3. The summed E-state index contributed by atoms with van der Waals surface area (Å²) in [7, 11) is -3.82. The average molecular weight is 474 g/mol. The first-order valence-electron chi connectivity index (χ1n) is 10.7. The second-order valence-electron chi connectivity index (χ2n) is 7.86. The van der Waals surface area contributed by atoms with Gasteiger partial charge in [0.1, 0.15) is 18.1 Å². The van der Waals surface area contributed by atoms with Crippen LogP contribution >= 0.6 is 11.6 Å². The summed E-state index contributed by atoms with van der Waals surface area (Å²) in [5, 5.41) is 1.23. The van der Waals surface area contributed by atoms with Crippen molar-refractivity contribution in [3.8, 4) is 11.5 Å². The lowest BCUT2D eigenvalue weighted by Crippen LogP contribution is -2.46. The molecule has 3 heterocycles. The maximum Gasteiger partial charge on any atom is 0.210 e. The fourth-order valence-electron chi connectivity index (χ4n) is 4.25.